The second-order valence-corrected chi connectivity index (χ2v) is 8.28. The quantitative estimate of drug-likeness (QED) is 0.836. The van der Waals surface area contributed by atoms with Crippen LogP contribution < -0.4 is 5.73 Å². The van der Waals surface area contributed by atoms with E-state index in [0.717, 1.165) is 17.8 Å². The molecule has 0 spiro atoms. The summed E-state index contributed by atoms with van der Waals surface area (Å²) in [6, 6.07) is 4.87. The van der Waals surface area contributed by atoms with Crippen molar-refractivity contribution in [1.82, 2.24) is 0 Å². The molecule has 0 radical (unpaired) electrons. The smallest absolute Gasteiger partial charge is 0.0424 e. The summed E-state index contributed by atoms with van der Waals surface area (Å²) in [7, 11) is 0. The van der Waals surface area contributed by atoms with Crippen molar-refractivity contribution < 1.29 is 0 Å². The molecular weight excluding hydrogens is 238 g/mol. The van der Waals surface area contributed by atoms with Gasteiger partial charge < -0.3 is 5.73 Å². The Morgan fingerprint density at radius 3 is 2.28 bits per heavy atom. The highest BCUT2D eigenvalue weighted by atomic mass is 32.1. The van der Waals surface area contributed by atoms with Crippen molar-refractivity contribution in [3.8, 4) is 0 Å². The van der Waals surface area contributed by atoms with Crippen molar-refractivity contribution in [2.24, 2.45) is 23.5 Å². The van der Waals surface area contributed by atoms with Crippen LogP contribution in [0.1, 0.15) is 62.3 Å². The fraction of sp³-hybridized carbons (Fsp3) is 0.750. The average molecular weight is 263 g/mol. The molecule has 1 aromatic rings. The lowest BCUT2D eigenvalue weighted by atomic mass is 9.95. The van der Waals surface area contributed by atoms with Gasteiger partial charge in [-0.3, -0.25) is 0 Å². The van der Waals surface area contributed by atoms with Gasteiger partial charge in [-0.1, -0.05) is 33.6 Å². The minimum atomic E-state index is 0.263. The minimum Gasteiger partial charge on any atom is -0.323 e. The lowest BCUT2D eigenvalue weighted by Gasteiger charge is -2.16. The molecule has 0 aliphatic heterocycles. The van der Waals surface area contributed by atoms with Crippen molar-refractivity contribution in [3.05, 3.63) is 21.9 Å². The lowest BCUT2D eigenvalue weighted by molar-refractivity contribution is 0.480. The van der Waals surface area contributed by atoms with Gasteiger partial charge in [0.1, 0.15) is 0 Å². The van der Waals surface area contributed by atoms with Crippen LogP contribution in [0.25, 0.3) is 0 Å². The second kappa shape index (κ2) is 4.35. The molecule has 3 unspecified atom stereocenters. The van der Waals surface area contributed by atoms with Gasteiger partial charge in [0.05, 0.1) is 0 Å². The summed E-state index contributed by atoms with van der Waals surface area (Å²) >= 11 is 1.94. The van der Waals surface area contributed by atoms with E-state index < -0.39 is 0 Å². The Balaban J connectivity index is 1.73. The number of fused-ring (bicyclic) bond motifs is 1. The van der Waals surface area contributed by atoms with Gasteiger partial charge >= 0.3 is 0 Å². The molecule has 2 saturated carbocycles. The molecule has 0 amide bonds. The third kappa shape index (κ3) is 2.14. The molecule has 2 aliphatic rings. The Bertz CT molecular complexity index is 417. The lowest BCUT2D eigenvalue weighted by Crippen LogP contribution is -2.13. The van der Waals surface area contributed by atoms with Crippen molar-refractivity contribution in [2.45, 2.75) is 57.9 Å². The fourth-order valence-corrected chi connectivity index (χ4v) is 4.83. The van der Waals surface area contributed by atoms with Crippen molar-refractivity contribution >= 4 is 11.3 Å². The van der Waals surface area contributed by atoms with Crippen LogP contribution in [0.4, 0.5) is 0 Å². The summed E-state index contributed by atoms with van der Waals surface area (Å²) in [6.45, 7) is 6.85. The van der Waals surface area contributed by atoms with Crippen LogP contribution in [0.15, 0.2) is 12.1 Å². The van der Waals surface area contributed by atoms with Gasteiger partial charge in [-0.15, -0.1) is 11.3 Å². The van der Waals surface area contributed by atoms with E-state index in [1.807, 2.05) is 11.3 Å². The maximum Gasteiger partial charge on any atom is 0.0424 e. The van der Waals surface area contributed by atoms with E-state index in [9.17, 15) is 0 Å². The maximum absolute atomic E-state index is 6.53. The molecule has 2 fully saturated rings. The van der Waals surface area contributed by atoms with E-state index >= 15 is 0 Å². The standard InChI is InChI=1S/C16H25NS/c1-16(2,3)13-9-8-12(18-13)15(17)14-10-6-4-5-7-11(10)14/h8-11,14-15H,4-7,17H2,1-3H3. The molecule has 1 aromatic heterocycles. The largest absolute Gasteiger partial charge is 0.323 e. The first kappa shape index (κ1) is 12.7. The normalized spacial score (nSPS) is 33.0. The number of nitrogens with two attached hydrogens (primary N) is 1. The molecule has 2 heteroatoms. The number of rotatable bonds is 2. The third-order valence-electron chi connectivity index (χ3n) is 4.83. The zero-order chi connectivity index (χ0) is 12.9. The van der Waals surface area contributed by atoms with E-state index in [2.05, 4.69) is 32.9 Å². The van der Waals surface area contributed by atoms with Gasteiger partial charge in [-0.2, -0.15) is 0 Å². The topological polar surface area (TPSA) is 26.0 Å². The molecule has 1 heterocycles. The van der Waals surface area contributed by atoms with Crippen LogP contribution >= 0.6 is 11.3 Å². The first-order chi connectivity index (χ1) is 8.48. The van der Waals surface area contributed by atoms with Crippen LogP contribution in [0, 0.1) is 17.8 Å². The van der Waals surface area contributed by atoms with Crippen LogP contribution in [-0.2, 0) is 5.41 Å². The van der Waals surface area contributed by atoms with E-state index in [1.54, 1.807) is 0 Å². The SMILES string of the molecule is CC(C)(C)c1ccc(C(N)C2C3CCCCC32)s1. The zero-order valence-corrected chi connectivity index (χ0v) is 12.6. The summed E-state index contributed by atoms with van der Waals surface area (Å²) < 4.78 is 0. The molecule has 1 nitrogen and oxygen atoms in total. The van der Waals surface area contributed by atoms with Crippen molar-refractivity contribution in [1.29, 1.82) is 0 Å². The van der Waals surface area contributed by atoms with Gasteiger partial charge in [0, 0.05) is 15.8 Å². The maximum atomic E-state index is 6.53. The van der Waals surface area contributed by atoms with Crippen LogP contribution in [0.3, 0.4) is 0 Å². The van der Waals surface area contributed by atoms with Crippen LogP contribution in [-0.4, -0.2) is 0 Å². The third-order valence-corrected chi connectivity index (χ3v) is 6.44. The highest BCUT2D eigenvalue weighted by Crippen LogP contribution is 2.60. The van der Waals surface area contributed by atoms with Crippen molar-refractivity contribution in [2.75, 3.05) is 0 Å². The number of hydrogen-bond acceptors (Lipinski definition) is 2. The fourth-order valence-electron chi connectivity index (χ4n) is 3.71. The molecule has 0 aromatic carbocycles. The van der Waals surface area contributed by atoms with E-state index in [4.69, 9.17) is 5.73 Å². The Morgan fingerprint density at radius 1 is 1.17 bits per heavy atom. The minimum absolute atomic E-state index is 0.263. The molecule has 2 N–H and O–H groups in total. The Labute approximate surface area is 115 Å². The van der Waals surface area contributed by atoms with Crippen molar-refractivity contribution in [3.63, 3.8) is 0 Å². The molecule has 3 rings (SSSR count). The molecule has 100 valence electrons. The monoisotopic (exact) mass is 263 g/mol. The summed E-state index contributed by atoms with van der Waals surface area (Å²) in [5.74, 6) is 2.70. The van der Waals surface area contributed by atoms with Gasteiger partial charge in [-0.25, -0.2) is 0 Å². The van der Waals surface area contributed by atoms with E-state index in [1.165, 1.54) is 35.4 Å². The van der Waals surface area contributed by atoms with Gasteiger partial charge in [0.25, 0.3) is 0 Å². The molecule has 18 heavy (non-hydrogen) atoms. The first-order valence-electron chi connectivity index (χ1n) is 7.34. The number of thiophene rings is 1. The predicted octanol–water partition coefficient (Wildman–Crippen LogP) is 4.48. The summed E-state index contributed by atoms with van der Waals surface area (Å²) in [4.78, 5) is 2.89. The molecule has 0 bridgehead atoms. The number of hydrogen-bond donors (Lipinski definition) is 1. The molecule has 2 aliphatic carbocycles. The summed E-state index contributed by atoms with van der Waals surface area (Å²) in [6.07, 6.45) is 5.73. The average Bonchev–Trinajstić information content (AvgIpc) is 2.81. The Hall–Kier alpha value is -0.340. The van der Waals surface area contributed by atoms with Crippen LogP contribution in [0.2, 0.25) is 0 Å². The summed E-state index contributed by atoms with van der Waals surface area (Å²) in [5, 5.41) is 0. The van der Waals surface area contributed by atoms with E-state index in [-0.39, 0.29) is 5.41 Å². The molecule has 0 saturated heterocycles. The van der Waals surface area contributed by atoms with Crippen LogP contribution in [0.5, 0.6) is 0 Å². The van der Waals surface area contributed by atoms with Gasteiger partial charge in [0.2, 0.25) is 0 Å². The predicted molar refractivity (Wildman–Crippen MR) is 78.9 cm³/mol. The Kier molecular flexibility index (Phi) is 3.06. The van der Waals surface area contributed by atoms with Gasteiger partial charge in [-0.05, 0) is 48.1 Å². The van der Waals surface area contributed by atoms with Gasteiger partial charge in [0.15, 0.2) is 0 Å². The Morgan fingerprint density at radius 2 is 1.78 bits per heavy atom. The highest BCUT2D eigenvalue weighted by Gasteiger charge is 2.53. The second-order valence-electron chi connectivity index (χ2n) is 7.17. The summed E-state index contributed by atoms with van der Waals surface area (Å²) in [5.41, 5.74) is 6.79. The molecular formula is C16H25NS. The van der Waals surface area contributed by atoms with E-state index in [0.29, 0.717) is 6.04 Å². The molecule has 3 atom stereocenters. The highest BCUT2D eigenvalue weighted by molar-refractivity contribution is 7.12. The first-order valence-corrected chi connectivity index (χ1v) is 8.16. The zero-order valence-electron chi connectivity index (χ0n) is 11.8.